The summed E-state index contributed by atoms with van der Waals surface area (Å²) >= 11 is 0. The first kappa shape index (κ1) is 27.2. The highest BCUT2D eigenvalue weighted by atomic mass is 16.6. The second kappa shape index (κ2) is 14.3. The van der Waals surface area contributed by atoms with Gasteiger partial charge in [0.2, 0.25) is 0 Å². The average molecular weight is 470 g/mol. The fourth-order valence-corrected chi connectivity index (χ4v) is 3.41. The van der Waals surface area contributed by atoms with Crippen LogP contribution in [0.5, 0.6) is 5.75 Å². The summed E-state index contributed by atoms with van der Waals surface area (Å²) in [5.41, 5.74) is 1.87. The molecule has 186 valence electrons. The maximum Gasteiger partial charge on any atom is 0.410 e. The number of hydrogen-bond donors (Lipinski definition) is 0. The van der Waals surface area contributed by atoms with Crippen LogP contribution < -0.4 is 4.74 Å². The number of amides is 1. The summed E-state index contributed by atoms with van der Waals surface area (Å²) in [6, 6.07) is 18.5. The van der Waals surface area contributed by atoms with Crippen LogP contribution >= 0.6 is 0 Å². The highest BCUT2D eigenvalue weighted by molar-refractivity contribution is 5.72. The molecule has 34 heavy (non-hydrogen) atoms. The monoisotopic (exact) mass is 469 g/mol. The summed E-state index contributed by atoms with van der Waals surface area (Å²) in [4.78, 5) is 25.6. The fourth-order valence-electron chi connectivity index (χ4n) is 3.41. The summed E-state index contributed by atoms with van der Waals surface area (Å²) < 4.78 is 16.1. The van der Waals surface area contributed by atoms with Crippen LogP contribution in [0.3, 0.4) is 0 Å². The van der Waals surface area contributed by atoms with Gasteiger partial charge in [-0.15, -0.1) is 0 Å². The van der Waals surface area contributed by atoms with E-state index in [1.807, 2.05) is 51.1 Å². The summed E-state index contributed by atoms with van der Waals surface area (Å²) in [6.45, 7) is 6.89. The van der Waals surface area contributed by atoms with E-state index in [2.05, 4.69) is 24.3 Å². The number of unbranched alkanes of at least 4 members (excludes halogenated alkanes) is 2. The molecule has 0 aliphatic rings. The van der Waals surface area contributed by atoms with Gasteiger partial charge in [0.15, 0.2) is 0 Å². The molecule has 0 saturated heterocycles. The van der Waals surface area contributed by atoms with Gasteiger partial charge < -0.3 is 19.1 Å². The van der Waals surface area contributed by atoms with Crippen molar-refractivity contribution in [2.45, 2.75) is 64.9 Å². The molecule has 0 radical (unpaired) electrons. The molecular weight excluding hydrogens is 430 g/mol. The molecule has 0 bridgehead atoms. The van der Waals surface area contributed by atoms with Gasteiger partial charge in [0.1, 0.15) is 11.4 Å². The molecule has 0 heterocycles. The Hall–Kier alpha value is -3.02. The minimum Gasteiger partial charge on any atom is -0.494 e. The van der Waals surface area contributed by atoms with Gasteiger partial charge >= 0.3 is 12.1 Å². The van der Waals surface area contributed by atoms with Crippen molar-refractivity contribution < 1.29 is 23.8 Å². The lowest BCUT2D eigenvalue weighted by atomic mass is 10.1. The van der Waals surface area contributed by atoms with E-state index in [4.69, 9.17) is 14.2 Å². The number of ether oxygens (including phenoxy) is 3. The summed E-state index contributed by atoms with van der Waals surface area (Å²) in [5.74, 6) is 0.497. The zero-order valence-corrected chi connectivity index (χ0v) is 21.0. The van der Waals surface area contributed by atoms with E-state index < -0.39 is 11.7 Å². The molecule has 2 aromatic carbocycles. The van der Waals surface area contributed by atoms with Crippen LogP contribution in [0.2, 0.25) is 0 Å². The molecule has 1 amide bonds. The normalized spacial score (nSPS) is 11.1. The Morgan fingerprint density at radius 3 is 2.15 bits per heavy atom. The third kappa shape index (κ3) is 11.2. The lowest BCUT2D eigenvalue weighted by Gasteiger charge is -2.27. The Balaban J connectivity index is 1.74. The van der Waals surface area contributed by atoms with Crippen molar-refractivity contribution in [2.75, 3.05) is 26.8 Å². The number of carbonyl (C=O) groups excluding carboxylic acids is 2. The van der Waals surface area contributed by atoms with Crippen molar-refractivity contribution in [3.63, 3.8) is 0 Å². The maximum atomic E-state index is 12.5. The van der Waals surface area contributed by atoms with Gasteiger partial charge in [-0.1, -0.05) is 42.5 Å². The summed E-state index contributed by atoms with van der Waals surface area (Å²) in [7, 11) is 1.34. The fraction of sp³-hybridized carbons (Fsp3) is 0.500. The molecule has 6 heteroatoms. The molecule has 0 unspecified atom stereocenters. The van der Waals surface area contributed by atoms with Gasteiger partial charge in [-0.25, -0.2) is 4.79 Å². The van der Waals surface area contributed by atoms with E-state index in [1.54, 1.807) is 4.90 Å². The Morgan fingerprint density at radius 1 is 0.824 bits per heavy atom. The minimum absolute atomic E-state index is 0.133. The Labute approximate surface area is 204 Å². The topological polar surface area (TPSA) is 65.1 Å². The van der Waals surface area contributed by atoms with Crippen LogP contribution in [-0.4, -0.2) is 49.4 Å². The molecule has 0 saturated carbocycles. The number of nitrogens with zero attached hydrogens (tertiary/aromatic N) is 1. The van der Waals surface area contributed by atoms with E-state index in [9.17, 15) is 9.59 Å². The summed E-state index contributed by atoms with van der Waals surface area (Å²) in [6.07, 6.45) is 4.79. The Kier molecular flexibility index (Phi) is 11.4. The maximum absolute atomic E-state index is 12.5. The van der Waals surface area contributed by atoms with Crippen molar-refractivity contribution in [2.24, 2.45) is 0 Å². The van der Waals surface area contributed by atoms with Gasteiger partial charge in [0.05, 0.1) is 20.1 Å². The van der Waals surface area contributed by atoms with Gasteiger partial charge in [-0.3, -0.25) is 4.79 Å². The largest absolute Gasteiger partial charge is 0.494 e. The minimum atomic E-state index is -0.596. The number of hydrogen-bond acceptors (Lipinski definition) is 5. The smallest absolute Gasteiger partial charge is 0.410 e. The number of rotatable bonds is 13. The molecule has 2 aromatic rings. The van der Waals surface area contributed by atoms with Crippen molar-refractivity contribution in [3.8, 4) is 5.75 Å². The molecule has 2 rings (SSSR count). The Morgan fingerprint density at radius 2 is 1.50 bits per heavy atom. The lowest BCUT2D eigenvalue weighted by Crippen LogP contribution is -2.39. The van der Waals surface area contributed by atoms with Crippen LogP contribution in [0.4, 0.5) is 4.79 Å². The standard InChI is InChI=1S/C28H39NO5/c1-28(2,3)34-27(31)29(21-19-26(30)32-4)20-18-24-14-16-25(17-15-24)33-22-10-6-9-13-23-11-7-5-8-12-23/h5,7-8,11-12,14-17H,6,9-10,13,18-22H2,1-4H3. The second-order valence-electron chi connectivity index (χ2n) is 9.33. The number of carbonyl (C=O) groups is 2. The first-order valence-corrected chi connectivity index (χ1v) is 12.1. The molecule has 0 N–H and O–H groups in total. The quantitative estimate of drug-likeness (QED) is 0.273. The first-order valence-electron chi connectivity index (χ1n) is 12.1. The number of esters is 1. The van der Waals surface area contributed by atoms with Crippen molar-refractivity contribution >= 4 is 12.1 Å². The molecule has 6 nitrogen and oxygen atoms in total. The molecule has 0 aliphatic heterocycles. The van der Waals surface area contributed by atoms with Crippen molar-refractivity contribution in [1.82, 2.24) is 4.90 Å². The highest BCUT2D eigenvalue weighted by Crippen LogP contribution is 2.16. The molecule has 0 atom stereocenters. The van der Waals surface area contributed by atoms with Crippen molar-refractivity contribution in [3.05, 3.63) is 65.7 Å². The van der Waals surface area contributed by atoms with Crippen LogP contribution in [0.15, 0.2) is 54.6 Å². The third-order valence-electron chi connectivity index (χ3n) is 5.28. The predicted octanol–water partition coefficient (Wildman–Crippen LogP) is 5.82. The molecule has 0 aliphatic carbocycles. The SMILES string of the molecule is COC(=O)CCN(CCc1ccc(OCCCCCc2ccccc2)cc1)C(=O)OC(C)(C)C. The predicted molar refractivity (Wildman–Crippen MR) is 134 cm³/mol. The van der Waals surface area contributed by atoms with Gasteiger partial charge in [0.25, 0.3) is 0 Å². The third-order valence-corrected chi connectivity index (χ3v) is 5.28. The number of methoxy groups -OCH3 is 1. The molecular formula is C28H39NO5. The van der Waals surface area contributed by atoms with E-state index >= 15 is 0 Å². The summed E-state index contributed by atoms with van der Waals surface area (Å²) in [5, 5.41) is 0. The van der Waals surface area contributed by atoms with Crippen LogP contribution in [-0.2, 0) is 27.1 Å². The van der Waals surface area contributed by atoms with E-state index in [0.717, 1.165) is 37.0 Å². The second-order valence-corrected chi connectivity index (χ2v) is 9.33. The zero-order valence-electron chi connectivity index (χ0n) is 21.0. The van der Waals surface area contributed by atoms with Gasteiger partial charge in [-0.2, -0.15) is 0 Å². The highest BCUT2D eigenvalue weighted by Gasteiger charge is 2.22. The average Bonchev–Trinajstić information content (AvgIpc) is 2.81. The van der Waals surface area contributed by atoms with Crippen LogP contribution in [0.1, 0.15) is 57.6 Å². The number of benzene rings is 2. The van der Waals surface area contributed by atoms with E-state index in [1.165, 1.54) is 12.7 Å². The lowest BCUT2D eigenvalue weighted by molar-refractivity contribution is -0.140. The van der Waals surface area contributed by atoms with E-state index in [-0.39, 0.29) is 18.9 Å². The van der Waals surface area contributed by atoms with Gasteiger partial charge in [-0.05, 0) is 76.1 Å². The van der Waals surface area contributed by atoms with Crippen LogP contribution in [0.25, 0.3) is 0 Å². The van der Waals surface area contributed by atoms with Crippen LogP contribution in [0, 0.1) is 0 Å². The van der Waals surface area contributed by atoms with Gasteiger partial charge in [0, 0.05) is 13.1 Å². The first-order chi connectivity index (χ1) is 16.3. The zero-order chi connectivity index (χ0) is 24.8. The van der Waals surface area contributed by atoms with E-state index in [0.29, 0.717) is 19.6 Å². The van der Waals surface area contributed by atoms with Crippen molar-refractivity contribution in [1.29, 1.82) is 0 Å². The molecule has 0 spiro atoms. The molecule has 0 fully saturated rings. The molecule has 0 aromatic heterocycles. The number of aryl methyl sites for hydroxylation is 1. The Bertz CT molecular complexity index is 859.